The summed E-state index contributed by atoms with van der Waals surface area (Å²) in [7, 11) is 0. The number of aromatic nitrogens is 3. The summed E-state index contributed by atoms with van der Waals surface area (Å²) in [5, 5.41) is 0. The number of nitrogens with one attached hydrogen (secondary N) is 1. The van der Waals surface area contributed by atoms with Gasteiger partial charge in [0.15, 0.2) is 0 Å². The van der Waals surface area contributed by atoms with Gasteiger partial charge < -0.3 is 9.88 Å². The van der Waals surface area contributed by atoms with Gasteiger partial charge in [0.1, 0.15) is 11.6 Å². The van der Waals surface area contributed by atoms with Crippen LogP contribution in [0.15, 0.2) is 29.2 Å². The molecular weight excluding hydrogens is 300 g/mol. The maximum atomic E-state index is 11.6. The first-order chi connectivity index (χ1) is 11.7. The highest BCUT2D eigenvalue weighted by Gasteiger charge is 2.17. The second kappa shape index (κ2) is 7.60. The van der Waals surface area contributed by atoms with Crippen LogP contribution in [0.4, 0.5) is 5.82 Å². The molecule has 1 N–H and O–H groups in total. The summed E-state index contributed by atoms with van der Waals surface area (Å²) in [5.41, 5.74) is 1.43. The van der Waals surface area contributed by atoms with Crippen molar-refractivity contribution in [3.05, 3.63) is 40.4 Å². The van der Waals surface area contributed by atoms with E-state index in [1.807, 2.05) is 25.3 Å². The molecule has 1 aliphatic rings. The van der Waals surface area contributed by atoms with Crippen molar-refractivity contribution in [2.75, 3.05) is 18.0 Å². The van der Waals surface area contributed by atoms with E-state index in [0.29, 0.717) is 11.5 Å². The molecule has 0 bridgehead atoms. The van der Waals surface area contributed by atoms with Crippen molar-refractivity contribution in [2.24, 2.45) is 5.92 Å². The van der Waals surface area contributed by atoms with Crippen molar-refractivity contribution < 1.29 is 0 Å². The molecule has 1 saturated heterocycles. The summed E-state index contributed by atoms with van der Waals surface area (Å²) < 4.78 is 0. The largest absolute Gasteiger partial charge is 0.357 e. The molecule has 1 fully saturated rings. The van der Waals surface area contributed by atoms with Gasteiger partial charge in [-0.2, -0.15) is 0 Å². The Hall–Kier alpha value is -2.17. The molecule has 2 aromatic heterocycles. The molecule has 3 rings (SSSR count). The molecule has 0 saturated carbocycles. The number of hydrogen-bond donors (Lipinski definition) is 1. The summed E-state index contributed by atoms with van der Waals surface area (Å²) >= 11 is 0. The zero-order chi connectivity index (χ0) is 16.9. The fraction of sp³-hybridized carbons (Fsp3) is 0.526. The first-order valence-corrected chi connectivity index (χ1v) is 8.95. The van der Waals surface area contributed by atoms with Crippen molar-refractivity contribution in [1.29, 1.82) is 0 Å². The minimum atomic E-state index is -0.129. The number of aromatic amines is 1. The van der Waals surface area contributed by atoms with Crippen LogP contribution in [0.5, 0.6) is 0 Å². The molecule has 1 aliphatic heterocycles. The van der Waals surface area contributed by atoms with Crippen LogP contribution >= 0.6 is 0 Å². The predicted molar refractivity (Wildman–Crippen MR) is 97.3 cm³/mol. The van der Waals surface area contributed by atoms with Gasteiger partial charge in [-0.25, -0.2) is 9.97 Å². The fourth-order valence-corrected chi connectivity index (χ4v) is 3.52. The van der Waals surface area contributed by atoms with Gasteiger partial charge in [0.25, 0.3) is 5.56 Å². The van der Waals surface area contributed by atoms with E-state index >= 15 is 0 Å². The lowest BCUT2D eigenvalue weighted by Crippen LogP contribution is -2.25. The average molecular weight is 326 g/mol. The Morgan fingerprint density at radius 3 is 2.88 bits per heavy atom. The van der Waals surface area contributed by atoms with Crippen LogP contribution in [0.2, 0.25) is 0 Å². The van der Waals surface area contributed by atoms with Gasteiger partial charge in [-0.05, 0) is 44.2 Å². The summed E-state index contributed by atoms with van der Waals surface area (Å²) in [5.74, 6) is 2.46. The van der Waals surface area contributed by atoms with Crippen molar-refractivity contribution in [3.63, 3.8) is 0 Å². The minimum Gasteiger partial charge on any atom is -0.357 e. The van der Waals surface area contributed by atoms with Crippen LogP contribution in [0.1, 0.15) is 44.7 Å². The van der Waals surface area contributed by atoms with Crippen LogP contribution in [0.3, 0.4) is 0 Å². The number of H-pyrrole nitrogens is 1. The second-order valence-electron chi connectivity index (χ2n) is 6.71. The van der Waals surface area contributed by atoms with Gasteiger partial charge in [-0.1, -0.05) is 19.8 Å². The van der Waals surface area contributed by atoms with Gasteiger partial charge in [0.05, 0.1) is 0 Å². The van der Waals surface area contributed by atoms with Gasteiger partial charge in [-0.3, -0.25) is 4.79 Å². The topological polar surface area (TPSA) is 61.9 Å². The zero-order valence-electron chi connectivity index (χ0n) is 14.6. The van der Waals surface area contributed by atoms with Crippen molar-refractivity contribution in [2.45, 2.75) is 46.0 Å². The Balaban J connectivity index is 1.73. The van der Waals surface area contributed by atoms with E-state index in [1.165, 1.54) is 38.2 Å². The van der Waals surface area contributed by atoms with Crippen molar-refractivity contribution in [1.82, 2.24) is 15.0 Å². The SMILES string of the molecule is CCCC1CCCN(c2ccc(-c3nc(C)cc(=O)[nH]3)cn2)CC1. The molecular formula is C19H26N4O. The third-order valence-electron chi connectivity index (χ3n) is 4.76. The highest BCUT2D eigenvalue weighted by molar-refractivity contribution is 5.56. The van der Waals surface area contributed by atoms with E-state index in [4.69, 9.17) is 0 Å². The highest BCUT2D eigenvalue weighted by Crippen LogP contribution is 2.25. The molecule has 0 spiro atoms. The summed E-state index contributed by atoms with van der Waals surface area (Å²) in [6, 6.07) is 5.53. The number of aryl methyl sites for hydroxylation is 1. The van der Waals surface area contributed by atoms with Gasteiger partial charge >= 0.3 is 0 Å². The Bertz CT molecular complexity index is 723. The predicted octanol–water partition coefficient (Wildman–Crippen LogP) is 3.55. The van der Waals surface area contributed by atoms with Crippen LogP contribution < -0.4 is 10.5 Å². The molecule has 5 heteroatoms. The van der Waals surface area contributed by atoms with E-state index in [-0.39, 0.29) is 5.56 Å². The maximum Gasteiger partial charge on any atom is 0.251 e. The maximum absolute atomic E-state index is 11.6. The second-order valence-corrected chi connectivity index (χ2v) is 6.71. The number of pyridine rings is 1. The number of nitrogens with zero attached hydrogens (tertiary/aromatic N) is 3. The van der Waals surface area contributed by atoms with Gasteiger partial charge in [0.2, 0.25) is 0 Å². The standard InChI is InChI=1S/C19H26N4O/c1-3-5-15-6-4-10-23(11-9-15)17-8-7-16(13-20-17)19-21-14(2)12-18(24)22-19/h7-8,12-13,15H,3-6,9-11H2,1-2H3,(H,21,22,24). The smallest absolute Gasteiger partial charge is 0.251 e. The molecule has 2 aromatic rings. The van der Waals surface area contributed by atoms with E-state index < -0.39 is 0 Å². The Morgan fingerprint density at radius 1 is 1.29 bits per heavy atom. The monoisotopic (exact) mass is 326 g/mol. The molecule has 24 heavy (non-hydrogen) atoms. The Morgan fingerprint density at radius 2 is 2.17 bits per heavy atom. The Labute approximate surface area is 143 Å². The van der Waals surface area contributed by atoms with E-state index in [2.05, 4.69) is 26.8 Å². The lowest BCUT2D eigenvalue weighted by atomic mass is 9.96. The van der Waals surface area contributed by atoms with Crippen LogP contribution in [0, 0.1) is 12.8 Å². The molecule has 128 valence electrons. The average Bonchev–Trinajstić information content (AvgIpc) is 2.80. The zero-order valence-corrected chi connectivity index (χ0v) is 14.6. The summed E-state index contributed by atoms with van der Waals surface area (Å²) in [6.45, 7) is 6.25. The van der Waals surface area contributed by atoms with E-state index in [9.17, 15) is 4.79 Å². The van der Waals surface area contributed by atoms with Gasteiger partial charge in [0, 0.05) is 36.6 Å². The highest BCUT2D eigenvalue weighted by atomic mass is 16.1. The molecule has 0 aliphatic carbocycles. The van der Waals surface area contributed by atoms with E-state index in [0.717, 1.165) is 30.4 Å². The molecule has 0 aromatic carbocycles. The quantitative estimate of drug-likeness (QED) is 0.933. The third kappa shape index (κ3) is 4.02. The van der Waals surface area contributed by atoms with Gasteiger partial charge in [-0.15, -0.1) is 0 Å². The minimum absolute atomic E-state index is 0.129. The molecule has 3 heterocycles. The number of hydrogen-bond acceptors (Lipinski definition) is 4. The van der Waals surface area contributed by atoms with Crippen LogP contribution in [-0.2, 0) is 0 Å². The van der Waals surface area contributed by atoms with Crippen molar-refractivity contribution >= 4 is 5.82 Å². The normalized spacial score (nSPS) is 18.4. The summed E-state index contributed by atoms with van der Waals surface area (Å²) in [4.78, 5) is 25.7. The first kappa shape index (κ1) is 16.7. The van der Waals surface area contributed by atoms with Crippen LogP contribution in [-0.4, -0.2) is 28.0 Å². The molecule has 5 nitrogen and oxygen atoms in total. The van der Waals surface area contributed by atoms with Crippen molar-refractivity contribution in [3.8, 4) is 11.4 Å². The number of anilines is 1. The van der Waals surface area contributed by atoms with E-state index in [1.54, 1.807) is 0 Å². The molecule has 0 radical (unpaired) electrons. The number of rotatable bonds is 4. The lowest BCUT2D eigenvalue weighted by Gasteiger charge is -2.21. The van der Waals surface area contributed by atoms with Crippen LogP contribution in [0.25, 0.3) is 11.4 Å². The first-order valence-electron chi connectivity index (χ1n) is 8.95. The summed E-state index contributed by atoms with van der Waals surface area (Å²) in [6.07, 6.45) is 8.25. The fourth-order valence-electron chi connectivity index (χ4n) is 3.52. The molecule has 0 amide bonds. The third-order valence-corrected chi connectivity index (χ3v) is 4.76. The lowest BCUT2D eigenvalue weighted by molar-refractivity contribution is 0.435. The molecule has 1 atom stereocenters. The Kier molecular flexibility index (Phi) is 5.28. The molecule has 1 unspecified atom stereocenters.